The van der Waals surface area contributed by atoms with Crippen LogP contribution < -0.4 is 5.32 Å². The molecule has 6 heteroatoms. The second-order valence-corrected chi connectivity index (χ2v) is 8.48. The number of nitrogens with zero attached hydrogens (tertiary/aromatic N) is 2. The van der Waals surface area contributed by atoms with Crippen LogP contribution in [-0.4, -0.2) is 41.3 Å². The lowest BCUT2D eigenvalue weighted by Gasteiger charge is -2.33. The van der Waals surface area contributed by atoms with E-state index in [1.807, 2.05) is 11.0 Å². The topological polar surface area (TPSA) is 75.4 Å². The predicted molar refractivity (Wildman–Crippen MR) is 102 cm³/mol. The Kier molecular flexibility index (Phi) is 4.66. The van der Waals surface area contributed by atoms with Gasteiger partial charge in [-0.05, 0) is 48.6 Å². The summed E-state index contributed by atoms with van der Waals surface area (Å²) in [5.41, 5.74) is 0.948. The van der Waals surface area contributed by atoms with Gasteiger partial charge in [-0.1, -0.05) is 13.8 Å². The van der Waals surface area contributed by atoms with Crippen molar-refractivity contribution in [1.29, 1.82) is 0 Å². The van der Waals surface area contributed by atoms with E-state index in [1.54, 1.807) is 18.5 Å². The quantitative estimate of drug-likeness (QED) is 0.878. The van der Waals surface area contributed by atoms with Gasteiger partial charge in [0, 0.05) is 37.6 Å². The van der Waals surface area contributed by atoms with Crippen LogP contribution in [0.25, 0.3) is 11.0 Å². The van der Waals surface area contributed by atoms with Gasteiger partial charge in [0.05, 0.1) is 6.20 Å². The molecule has 1 unspecified atom stereocenters. The van der Waals surface area contributed by atoms with E-state index in [2.05, 4.69) is 24.1 Å². The highest BCUT2D eigenvalue weighted by atomic mass is 16.3. The van der Waals surface area contributed by atoms with Crippen LogP contribution >= 0.6 is 0 Å². The third kappa shape index (κ3) is 3.70. The third-order valence-corrected chi connectivity index (χ3v) is 6.11. The standard InChI is InChI=1S/C21H27N3O3/c1-14(2)9-19(25)24-7-4-21(5-8-24)11-16(21)12-23-20(26)17-10-15-3-6-22-13-18(15)27-17/h3,6,10,13-14,16H,4-5,7-9,11-12H2,1-2H3,(H,23,26). The first-order chi connectivity index (χ1) is 13.0. The molecule has 1 N–H and O–H groups in total. The van der Waals surface area contributed by atoms with Crippen LogP contribution in [0.4, 0.5) is 0 Å². The van der Waals surface area contributed by atoms with Crippen molar-refractivity contribution in [2.24, 2.45) is 17.3 Å². The van der Waals surface area contributed by atoms with Gasteiger partial charge in [-0.25, -0.2) is 0 Å². The van der Waals surface area contributed by atoms with E-state index in [4.69, 9.17) is 4.42 Å². The van der Waals surface area contributed by atoms with E-state index in [1.165, 1.54) is 0 Å². The monoisotopic (exact) mass is 369 g/mol. The number of aromatic nitrogens is 1. The summed E-state index contributed by atoms with van der Waals surface area (Å²) in [6.45, 7) is 6.55. The maximum atomic E-state index is 12.4. The minimum absolute atomic E-state index is 0.169. The van der Waals surface area contributed by atoms with Crippen molar-refractivity contribution >= 4 is 22.8 Å². The normalized spacial score (nSPS) is 21.0. The summed E-state index contributed by atoms with van der Waals surface area (Å²) in [5.74, 6) is 1.37. The van der Waals surface area contributed by atoms with Gasteiger partial charge in [-0.2, -0.15) is 0 Å². The number of carbonyl (C=O) groups excluding carboxylic acids is 2. The molecule has 1 aliphatic heterocycles. The Balaban J connectivity index is 1.26. The molecule has 2 amide bonds. The number of hydrogen-bond donors (Lipinski definition) is 1. The van der Waals surface area contributed by atoms with Crippen molar-refractivity contribution < 1.29 is 14.0 Å². The van der Waals surface area contributed by atoms with E-state index < -0.39 is 0 Å². The Morgan fingerprint density at radius 1 is 1.37 bits per heavy atom. The maximum absolute atomic E-state index is 12.4. The number of carbonyl (C=O) groups is 2. The Hall–Kier alpha value is -2.37. The number of amides is 2. The second-order valence-electron chi connectivity index (χ2n) is 8.48. The highest BCUT2D eigenvalue weighted by molar-refractivity contribution is 5.95. The van der Waals surface area contributed by atoms with Crippen molar-refractivity contribution in [2.45, 2.75) is 39.5 Å². The molecule has 1 atom stereocenters. The fourth-order valence-electron chi connectivity index (χ4n) is 4.31. The number of piperidine rings is 1. The summed E-state index contributed by atoms with van der Waals surface area (Å²) >= 11 is 0. The highest BCUT2D eigenvalue weighted by Gasteiger charge is 2.54. The minimum atomic E-state index is -0.169. The van der Waals surface area contributed by atoms with Crippen molar-refractivity contribution in [1.82, 2.24) is 15.2 Å². The molecule has 1 saturated carbocycles. The molecule has 6 nitrogen and oxygen atoms in total. The Morgan fingerprint density at radius 2 is 2.15 bits per heavy atom. The molecule has 2 aliphatic rings. The lowest BCUT2D eigenvalue weighted by Crippen LogP contribution is -2.40. The van der Waals surface area contributed by atoms with Crippen LogP contribution in [-0.2, 0) is 4.79 Å². The van der Waals surface area contributed by atoms with Crippen LogP contribution in [0.5, 0.6) is 0 Å². The Labute approximate surface area is 159 Å². The summed E-state index contributed by atoms with van der Waals surface area (Å²) < 4.78 is 5.57. The summed E-state index contributed by atoms with van der Waals surface area (Å²) in [6.07, 6.45) is 7.19. The molecule has 27 heavy (non-hydrogen) atoms. The number of furan rings is 1. The Bertz CT molecular complexity index is 816. The summed E-state index contributed by atoms with van der Waals surface area (Å²) in [7, 11) is 0. The van der Waals surface area contributed by atoms with Crippen LogP contribution in [0.3, 0.4) is 0 Å². The minimum Gasteiger partial charge on any atom is -0.449 e. The fraction of sp³-hybridized carbons (Fsp3) is 0.571. The van der Waals surface area contributed by atoms with Crippen LogP contribution in [0.15, 0.2) is 28.9 Å². The van der Waals surface area contributed by atoms with Crippen LogP contribution in [0.1, 0.15) is 50.1 Å². The van der Waals surface area contributed by atoms with Crippen molar-refractivity contribution in [3.05, 3.63) is 30.3 Å². The van der Waals surface area contributed by atoms with E-state index in [0.717, 1.165) is 37.7 Å². The van der Waals surface area contributed by atoms with Gasteiger partial charge < -0.3 is 14.6 Å². The number of rotatable bonds is 5. The average Bonchev–Trinajstić information content (AvgIpc) is 3.12. The van der Waals surface area contributed by atoms with Crippen molar-refractivity contribution in [3.63, 3.8) is 0 Å². The highest BCUT2D eigenvalue weighted by Crippen LogP contribution is 2.59. The first-order valence-electron chi connectivity index (χ1n) is 9.86. The SMILES string of the molecule is CC(C)CC(=O)N1CCC2(CC1)CC2CNC(=O)c1cc2ccncc2o1. The number of pyridine rings is 1. The lowest BCUT2D eigenvalue weighted by molar-refractivity contribution is -0.133. The predicted octanol–water partition coefficient (Wildman–Crippen LogP) is 3.23. The molecule has 1 spiro atoms. The van der Waals surface area contributed by atoms with Crippen molar-refractivity contribution in [2.75, 3.05) is 19.6 Å². The zero-order valence-corrected chi connectivity index (χ0v) is 16.0. The zero-order valence-electron chi connectivity index (χ0n) is 16.0. The van der Waals surface area contributed by atoms with E-state index in [0.29, 0.717) is 41.6 Å². The fourth-order valence-corrected chi connectivity index (χ4v) is 4.31. The van der Waals surface area contributed by atoms with E-state index in [-0.39, 0.29) is 11.8 Å². The first kappa shape index (κ1) is 18.0. The smallest absolute Gasteiger partial charge is 0.287 e. The van der Waals surface area contributed by atoms with Crippen LogP contribution in [0, 0.1) is 17.3 Å². The summed E-state index contributed by atoms with van der Waals surface area (Å²) in [6, 6.07) is 3.59. The molecular formula is C21H27N3O3. The molecular weight excluding hydrogens is 342 g/mol. The molecule has 4 rings (SSSR count). The maximum Gasteiger partial charge on any atom is 0.287 e. The molecule has 3 heterocycles. The van der Waals surface area contributed by atoms with Gasteiger partial charge in [0.25, 0.3) is 5.91 Å². The molecule has 1 saturated heterocycles. The molecule has 0 radical (unpaired) electrons. The molecule has 2 aromatic rings. The van der Waals surface area contributed by atoms with Gasteiger partial charge in [0.2, 0.25) is 5.91 Å². The number of fused-ring (bicyclic) bond motifs is 1. The Morgan fingerprint density at radius 3 is 2.85 bits per heavy atom. The van der Waals surface area contributed by atoms with Gasteiger partial charge in [0.15, 0.2) is 11.3 Å². The molecule has 2 aromatic heterocycles. The molecule has 2 fully saturated rings. The van der Waals surface area contributed by atoms with Crippen molar-refractivity contribution in [3.8, 4) is 0 Å². The average molecular weight is 369 g/mol. The second kappa shape index (κ2) is 6.98. The molecule has 0 bridgehead atoms. The van der Waals surface area contributed by atoms with Gasteiger partial charge in [-0.3, -0.25) is 14.6 Å². The largest absolute Gasteiger partial charge is 0.449 e. The summed E-state index contributed by atoms with van der Waals surface area (Å²) in [4.78, 5) is 30.6. The zero-order chi connectivity index (χ0) is 19.0. The molecule has 0 aromatic carbocycles. The molecule has 144 valence electrons. The summed E-state index contributed by atoms with van der Waals surface area (Å²) in [5, 5.41) is 3.91. The number of likely N-dealkylation sites (tertiary alicyclic amines) is 1. The number of nitrogens with one attached hydrogen (secondary N) is 1. The lowest BCUT2D eigenvalue weighted by atomic mass is 9.90. The number of hydrogen-bond acceptors (Lipinski definition) is 4. The third-order valence-electron chi connectivity index (χ3n) is 6.11. The van der Waals surface area contributed by atoms with E-state index in [9.17, 15) is 9.59 Å². The van der Waals surface area contributed by atoms with Gasteiger partial charge >= 0.3 is 0 Å². The van der Waals surface area contributed by atoms with Gasteiger partial charge in [-0.15, -0.1) is 0 Å². The first-order valence-corrected chi connectivity index (χ1v) is 9.86. The molecule has 1 aliphatic carbocycles. The van der Waals surface area contributed by atoms with Gasteiger partial charge in [0.1, 0.15) is 0 Å². The van der Waals surface area contributed by atoms with Crippen LogP contribution in [0.2, 0.25) is 0 Å². The van der Waals surface area contributed by atoms with E-state index >= 15 is 0 Å².